The smallest absolute Gasteiger partial charge is 0.246 e. The van der Waals surface area contributed by atoms with E-state index >= 15 is 0 Å². The summed E-state index contributed by atoms with van der Waals surface area (Å²) in [5, 5.41) is 14.6. The molecule has 7 heteroatoms. The van der Waals surface area contributed by atoms with Gasteiger partial charge in [-0.25, -0.2) is 0 Å². The van der Waals surface area contributed by atoms with Crippen LogP contribution in [0.1, 0.15) is 37.5 Å². The van der Waals surface area contributed by atoms with Crippen LogP contribution in [-0.4, -0.2) is 37.4 Å². The van der Waals surface area contributed by atoms with Gasteiger partial charge in [-0.2, -0.15) is 5.26 Å². The third-order valence-corrected chi connectivity index (χ3v) is 5.13. The molecule has 2 aromatic rings. The van der Waals surface area contributed by atoms with Crippen molar-refractivity contribution in [3.05, 3.63) is 52.4 Å². The molecule has 0 aliphatic carbocycles. The Morgan fingerprint density at radius 3 is 2.69 bits per heavy atom. The highest BCUT2D eigenvalue weighted by molar-refractivity contribution is 7.14. The van der Waals surface area contributed by atoms with Gasteiger partial charge in [0, 0.05) is 13.1 Å². The van der Waals surface area contributed by atoms with Gasteiger partial charge < -0.3 is 15.0 Å². The molecule has 6 nitrogen and oxygen atoms in total. The van der Waals surface area contributed by atoms with Crippen molar-refractivity contribution in [1.29, 1.82) is 5.26 Å². The van der Waals surface area contributed by atoms with Gasteiger partial charge in [0.2, 0.25) is 11.8 Å². The average Bonchev–Trinajstić information content (AvgIpc) is 3.08. The van der Waals surface area contributed by atoms with Crippen molar-refractivity contribution in [2.45, 2.75) is 26.2 Å². The molecule has 0 saturated heterocycles. The van der Waals surface area contributed by atoms with Gasteiger partial charge in [0.05, 0.1) is 19.2 Å². The van der Waals surface area contributed by atoms with Gasteiger partial charge in [-0.3, -0.25) is 9.59 Å². The molecule has 1 aromatic heterocycles. The maximum absolute atomic E-state index is 12.4. The summed E-state index contributed by atoms with van der Waals surface area (Å²) in [6.45, 7) is 5.93. The molecule has 0 atom stereocenters. The van der Waals surface area contributed by atoms with Gasteiger partial charge >= 0.3 is 0 Å². The summed E-state index contributed by atoms with van der Waals surface area (Å²) in [6, 6.07) is 9.49. The number of nitrogens with one attached hydrogen (secondary N) is 1. The van der Waals surface area contributed by atoms with Gasteiger partial charge in [0.1, 0.15) is 16.8 Å². The zero-order valence-electron chi connectivity index (χ0n) is 17.3. The lowest BCUT2D eigenvalue weighted by Crippen LogP contribution is -2.33. The third kappa shape index (κ3) is 5.93. The number of hydrogen-bond acceptors (Lipinski definition) is 5. The van der Waals surface area contributed by atoms with E-state index in [1.54, 1.807) is 20.2 Å². The fourth-order valence-corrected chi connectivity index (χ4v) is 3.77. The Kier molecular flexibility index (Phi) is 7.18. The first-order valence-electron chi connectivity index (χ1n) is 9.05. The van der Waals surface area contributed by atoms with E-state index < -0.39 is 0 Å². The van der Waals surface area contributed by atoms with E-state index in [1.165, 1.54) is 22.3 Å². The molecule has 1 aromatic carbocycles. The average molecular weight is 412 g/mol. The summed E-state index contributed by atoms with van der Waals surface area (Å²) >= 11 is 1.32. The van der Waals surface area contributed by atoms with Crippen molar-refractivity contribution in [2.24, 2.45) is 0 Å². The standard InChI is InChI=1S/C22H25N3O3S/c1-22(2,3)18-14-29-21(17(18)12-23)24-19(26)13-25(4)20(27)10-9-15-7-6-8-16(11-15)28-5/h6-11,14H,13H2,1-5H3,(H,24,26)/b10-9+. The molecule has 0 bridgehead atoms. The molecule has 0 spiro atoms. The minimum Gasteiger partial charge on any atom is -0.497 e. The maximum atomic E-state index is 12.4. The zero-order chi connectivity index (χ0) is 21.6. The van der Waals surface area contributed by atoms with Crippen LogP contribution in [0.4, 0.5) is 5.00 Å². The summed E-state index contributed by atoms with van der Waals surface area (Å²) in [5.74, 6) is 0.0469. The van der Waals surface area contributed by atoms with Crippen molar-refractivity contribution >= 4 is 34.2 Å². The molecule has 29 heavy (non-hydrogen) atoms. The van der Waals surface area contributed by atoms with Crippen LogP contribution >= 0.6 is 11.3 Å². The number of amides is 2. The van der Waals surface area contributed by atoms with Crippen LogP contribution in [0.2, 0.25) is 0 Å². The largest absolute Gasteiger partial charge is 0.497 e. The van der Waals surface area contributed by atoms with Crippen LogP contribution < -0.4 is 10.1 Å². The molecular formula is C22H25N3O3S. The molecule has 2 amide bonds. The highest BCUT2D eigenvalue weighted by atomic mass is 32.1. The quantitative estimate of drug-likeness (QED) is 0.728. The van der Waals surface area contributed by atoms with Gasteiger partial charge in [0.25, 0.3) is 0 Å². The minimum atomic E-state index is -0.352. The number of carbonyl (C=O) groups excluding carboxylic acids is 2. The Bertz CT molecular complexity index is 964. The Morgan fingerprint density at radius 1 is 1.34 bits per heavy atom. The lowest BCUT2D eigenvalue weighted by Gasteiger charge is -2.18. The van der Waals surface area contributed by atoms with E-state index in [9.17, 15) is 14.9 Å². The number of ether oxygens (including phenoxy) is 1. The molecule has 0 unspecified atom stereocenters. The van der Waals surface area contributed by atoms with Crippen LogP contribution in [0, 0.1) is 11.3 Å². The fraction of sp³-hybridized carbons (Fsp3) is 0.318. The number of rotatable bonds is 6. The van der Waals surface area contributed by atoms with Crippen LogP contribution in [-0.2, 0) is 15.0 Å². The van der Waals surface area contributed by atoms with Gasteiger partial charge in [-0.05, 0) is 40.1 Å². The maximum Gasteiger partial charge on any atom is 0.246 e. The second kappa shape index (κ2) is 9.39. The number of anilines is 1. The molecule has 0 aliphatic rings. The molecule has 1 heterocycles. The Morgan fingerprint density at radius 2 is 2.07 bits per heavy atom. The van der Waals surface area contributed by atoms with Crippen molar-refractivity contribution in [2.75, 3.05) is 26.0 Å². The predicted molar refractivity (Wildman–Crippen MR) is 116 cm³/mol. The first kappa shape index (κ1) is 22.2. The molecule has 0 saturated carbocycles. The monoisotopic (exact) mass is 411 g/mol. The van der Waals surface area contributed by atoms with Crippen molar-refractivity contribution < 1.29 is 14.3 Å². The predicted octanol–water partition coefficient (Wildman–Crippen LogP) is 4.04. The first-order chi connectivity index (χ1) is 13.7. The first-order valence-corrected chi connectivity index (χ1v) is 9.93. The van der Waals surface area contributed by atoms with E-state index in [0.717, 1.165) is 11.1 Å². The molecule has 2 rings (SSSR count). The van der Waals surface area contributed by atoms with Crippen LogP contribution in [0.3, 0.4) is 0 Å². The molecule has 0 fully saturated rings. The van der Waals surface area contributed by atoms with E-state index in [-0.39, 0.29) is 23.8 Å². The van der Waals surface area contributed by atoms with Crippen LogP contribution in [0.5, 0.6) is 5.75 Å². The van der Waals surface area contributed by atoms with Crippen LogP contribution in [0.15, 0.2) is 35.7 Å². The number of hydrogen-bond donors (Lipinski definition) is 1. The summed E-state index contributed by atoms with van der Waals surface area (Å²) in [6.07, 6.45) is 3.08. The van der Waals surface area contributed by atoms with E-state index in [2.05, 4.69) is 11.4 Å². The van der Waals surface area contributed by atoms with Crippen molar-refractivity contribution in [3.63, 3.8) is 0 Å². The second-order valence-corrected chi connectivity index (χ2v) is 8.45. The van der Waals surface area contributed by atoms with Gasteiger partial charge in [-0.1, -0.05) is 32.9 Å². The van der Waals surface area contributed by atoms with Gasteiger partial charge in [-0.15, -0.1) is 11.3 Å². The molecular weight excluding hydrogens is 386 g/mol. The normalized spacial score (nSPS) is 11.2. The minimum absolute atomic E-state index is 0.116. The SMILES string of the molecule is COc1cccc(/C=C/C(=O)N(C)CC(=O)Nc2scc(C(C)(C)C)c2C#N)c1. The molecule has 0 aliphatic heterocycles. The van der Waals surface area contributed by atoms with E-state index in [0.29, 0.717) is 16.3 Å². The fourth-order valence-electron chi connectivity index (χ4n) is 2.61. The summed E-state index contributed by atoms with van der Waals surface area (Å²) in [7, 11) is 3.13. The highest BCUT2D eigenvalue weighted by Crippen LogP contribution is 2.35. The zero-order valence-corrected chi connectivity index (χ0v) is 18.1. The molecule has 0 radical (unpaired) electrons. The Hall–Kier alpha value is -3.11. The second-order valence-electron chi connectivity index (χ2n) is 7.57. The third-order valence-electron chi connectivity index (χ3n) is 4.23. The Labute approximate surface area is 175 Å². The number of benzene rings is 1. The van der Waals surface area contributed by atoms with E-state index in [1.807, 2.05) is 50.4 Å². The summed E-state index contributed by atoms with van der Waals surface area (Å²) < 4.78 is 5.16. The molecule has 1 N–H and O–H groups in total. The summed E-state index contributed by atoms with van der Waals surface area (Å²) in [5.41, 5.74) is 2.00. The number of nitriles is 1. The number of thiophene rings is 1. The Balaban J connectivity index is 2.00. The van der Waals surface area contributed by atoms with Gasteiger partial charge in [0.15, 0.2) is 0 Å². The number of nitrogens with zero attached hydrogens (tertiary/aromatic N) is 2. The lowest BCUT2D eigenvalue weighted by atomic mass is 9.86. The number of likely N-dealkylation sites (N-methyl/N-ethyl adjacent to an activating group) is 1. The molecule has 152 valence electrons. The number of methoxy groups -OCH3 is 1. The number of carbonyl (C=O) groups is 2. The van der Waals surface area contributed by atoms with E-state index in [4.69, 9.17) is 4.74 Å². The van der Waals surface area contributed by atoms with Crippen molar-refractivity contribution in [1.82, 2.24) is 4.90 Å². The van der Waals surface area contributed by atoms with Crippen LogP contribution in [0.25, 0.3) is 6.08 Å². The van der Waals surface area contributed by atoms with Crippen molar-refractivity contribution in [3.8, 4) is 11.8 Å². The summed E-state index contributed by atoms with van der Waals surface area (Å²) in [4.78, 5) is 26.0. The highest BCUT2D eigenvalue weighted by Gasteiger charge is 2.23. The lowest BCUT2D eigenvalue weighted by molar-refractivity contribution is -0.129. The topological polar surface area (TPSA) is 82.4 Å².